The third-order valence-corrected chi connectivity index (χ3v) is 2.37. The van der Waals surface area contributed by atoms with Crippen LogP contribution < -0.4 is 5.32 Å². The Morgan fingerprint density at radius 2 is 2.50 bits per heavy atom. The minimum atomic E-state index is 0.981. The van der Waals surface area contributed by atoms with Crippen molar-refractivity contribution >= 4 is 0 Å². The predicted molar refractivity (Wildman–Crippen MR) is 33.5 cm³/mol. The maximum atomic E-state index is 3.39. The van der Waals surface area contributed by atoms with Crippen LogP contribution in [0.25, 0.3) is 0 Å². The fourth-order valence-corrected chi connectivity index (χ4v) is 1.87. The maximum Gasteiger partial charge on any atom is 0.00170 e. The van der Waals surface area contributed by atoms with Crippen molar-refractivity contribution in [2.24, 2.45) is 5.92 Å². The first kappa shape index (κ1) is 4.80. The van der Waals surface area contributed by atoms with Gasteiger partial charge in [-0.2, -0.15) is 0 Å². The van der Waals surface area contributed by atoms with Crippen molar-refractivity contribution in [3.8, 4) is 0 Å². The second kappa shape index (κ2) is 1.73. The van der Waals surface area contributed by atoms with Crippen molar-refractivity contribution < 1.29 is 0 Å². The number of hydrogen-bond donors (Lipinski definition) is 1. The molecule has 8 heavy (non-hydrogen) atoms. The molecular weight excluding hydrogens is 98.1 g/mol. The Bertz CT molecular complexity index is 70.4. The van der Waals surface area contributed by atoms with Crippen molar-refractivity contribution in [2.45, 2.75) is 19.3 Å². The smallest absolute Gasteiger partial charge is 0.00170 e. The van der Waals surface area contributed by atoms with Gasteiger partial charge in [-0.15, -0.1) is 0 Å². The van der Waals surface area contributed by atoms with Crippen molar-refractivity contribution in [2.75, 3.05) is 13.1 Å². The van der Waals surface area contributed by atoms with Crippen LogP contribution in [0.2, 0.25) is 0 Å². The molecule has 45 valence electrons. The van der Waals surface area contributed by atoms with Crippen molar-refractivity contribution in [3.05, 3.63) is 5.92 Å². The van der Waals surface area contributed by atoms with Crippen LogP contribution in [0.1, 0.15) is 19.3 Å². The molecule has 0 bridgehead atoms. The van der Waals surface area contributed by atoms with E-state index in [-0.39, 0.29) is 0 Å². The molecule has 1 heteroatoms. The molecule has 1 heterocycles. The van der Waals surface area contributed by atoms with Gasteiger partial charge < -0.3 is 5.32 Å². The van der Waals surface area contributed by atoms with Crippen molar-refractivity contribution in [3.63, 3.8) is 0 Å². The predicted octanol–water partition coefficient (Wildman–Crippen LogP) is 0.964. The van der Waals surface area contributed by atoms with E-state index in [4.69, 9.17) is 0 Å². The zero-order chi connectivity index (χ0) is 5.40. The molecular formula is C7H12N. The highest BCUT2D eigenvalue weighted by atomic mass is 14.9. The van der Waals surface area contributed by atoms with E-state index in [0.29, 0.717) is 0 Å². The Labute approximate surface area is 50.5 Å². The number of rotatable bonds is 0. The molecule has 1 N–H and O–H groups in total. The fourth-order valence-electron chi connectivity index (χ4n) is 1.87. The largest absolute Gasteiger partial charge is 0.316 e. The molecule has 0 aromatic rings. The van der Waals surface area contributed by atoms with Crippen LogP contribution in [-0.2, 0) is 0 Å². The second-order valence-electron chi connectivity index (χ2n) is 2.88. The first-order valence-corrected chi connectivity index (χ1v) is 3.52. The molecule has 2 aliphatic rings. The topological polar surface area (TPSA) is 12.0 Å². The van der Waals surface area contributed by atoms with Gasteiger partial charge in [-0.1, -0.05) is 6.42 Å². The Hall–Kier alpha value is -0.0400. The van der Waals surface area contributed by atoms with Gasteiger partial charge in [-0.25, -0.2) is 0 Å². The maximum absolute atomic E-state index is 3.39. The Kier molecular flexibility index (Phi) is 1.04. The normalized spacial score (nSPS) is 38.2. The summed E-state index contributed by atoms with van der Waals surface area (Å²) in [5, 5.41) is 3.39. The van der Waals surface area contributed by atoms with Gasteiger partial charge in [-0.3, -0.25) is 0 Å². The summed E-state index contributed by atoms with van der Waals surface area (Å²) >= 11 is 0. The average Bonchev–Trinajstić information content (AvgIpc) is 2.15. The zero-order valence-corrected chi connectivity index (χ0v) is 5.11. The third-order valence-electron chi connectivity index (χ3n) is 2.37. The van der Waals surface area contributed by atoms with E-state index in [0.717, 1.165) is 5.92 Å². The van der Waals surface area contributed by atoms with Crippen LogP contribution in [0.15, 0.2) is 0 Å². The number of hydrogen-bond acceptors (Lipinski definition) is 1. The van der Waals surface area contributed by atoms with Crippen LogP contribution in [-0.4, -0.2) is 13.1 Å². The van der Waals surface area contributed by atoms with Gasteiger partial charge in [0.25, 0.3) is 0 Å². The average molecular weight is 110 g/mol. The lowest BCUT2D eigenvalue weighted by atomic mass is 10.0. The SMILES string of the molecule is C1C[C]2CNC[C@H]2C1. The molecule has 0 spiro atoms. The van der Waals surface area contributed by atoms with Crippen LogP contribution in [0.4, 0.5) is 0 Å². The van der Waals surface area contributed by atoms with Gasteiger partial charge in [0.1, 0.15) is 0 Å². The molecule has 0 aromatic heterocycles. The molecule has 2 rings (SSSR count). The zero-order valence-electron chi connectivity index (χ0n) is 5.11. The van der Waals surface area contributed by atoms with E-state index < -0.39 is 0 Å². The molecule has 2 fully saturated rings. The lowest BCUT2D eigenvalue weighted by Gasteiger charge is -2.02. The lowest BCUT2D eigenvalue weighted by molar-refractivity contribution is 0.627. The molecule has 1 radical (unpaired) electrons. The summed E-state index contributed by atoms with van der Waals surface area (Å²) in [6, 6.07) is 0. The molecule has 1 aliphatic carbocycles. The quantitative estimate of drug-likeness (QED) is 0.490. The lowest BCUT2D eigenvalue weighted by Crippen LogP contribution is -2.08. The van der Waals surface area contributed by atoms with Gasteiger partial charge in [-0.05, 0) is 31.2 Å². The monoisotopic (exact) mass is 110 g/mol. The van der Waals surface area contributed by atoms with E-state index in [2.05, 4.69) is 5.32 Å². The minimum absolute atomic E-state index is 0.981. The van der Waals surface area contributed by atoms with Gasteiger partial charge >= 0.3 is 0 Å². The standard InChI is InChI=1S/C7H12N/c1-2-6-4-8-5-7(6)3-1/h6,8H,1-5H2/t6-/m1/s1. The van der Waals surface area contributed by atoms with Gasteiger partial charge in [0.05, 0.1) is 0 Å². The Balaban J connectivity index is 2.04. The molecule has 0 amide bonds. The van der Waals surface area contributed by atoms with Gasteiger partial charge in [0.2, 0.25) is 0 Å². The van der Waals surface area contributed by atoms with E-state index in [1.54, 1.807) is 5.92 Å². The highest BCUT2D eigenvalue weighted by Gasteiger charge is 2.31. The summed E-state index contributed by atoms with van der Waals surface area (Å²) in [6.07, 6.45) is 4.34. The molecule has 0 aromatic carbocycles. The van der Waals surface area contributed by atoms with E-state index >= 15 is 0 Å². The van der Waals surface area contributed by atoms with E-state index in [1.807, 2.05) is 0 Å². The highest BCUT2D eigenvalue weighted by Crippen LogP contribution is 2.35. The molecule has 1 saturated heterocycles. The summed E-state index contributed by atoms with van der Waals surface area (Å²) in [6.45, 7) is 2.50. The molecule has 1 atom stereocenters. The van der Waals surface area contributed by atoms with Crippen LogP contribution in [0.3, 0.4) is 0 Å². The summed E-state index contributed by atoms with van der Waals surface area (Å²) in [5.41, 5.74) is 0. The van der Waals surface area contributed by atoms with Gasteiger partial charge in [0, 0.05) is 6.54 Å². The van der Waals surface area contributed by atoms with Crippen molar-refractivity contribution in [1.82, 2.24) is 5.32 Å². The van der Waals surface area contributed by atoms with Crippen molar-refractivity contribution in [1.29, 1.82) is 0 Å². The Morgan fingerprint density at radius 3 is 3.38 bits per heavy atom. The Morgan fingerprint density at radius 1 is 1.50 bits per heavy atom. The van der Waals surface area contributed by atoms with Gasteiger partial charge in [0.15, 0.2) is 0 Å². The fraction of sp³-hybridized carbons (Fsp3) is 0.857. The second-order valence-corrected chi connectivity index (χ2v) is 2.88. The summed E-state index contributed by atoms with van der Waals surface area (Å²) in [5.74, 6) is 2.78. The molecule has 0 unspecified atom stereocenters. The van der Waals surface area contributed by atoms with E-state index in [9.17, 15) is 0 Å². The third kappa shape index (κ3) is 0.576. The minimum Gasteiger partial charge on any atom is -0.316 e. The van der Waals surface area contributed by atoms with Crippen LogP contribution >= 0.6 is 0 Å². The highest BCUT2D eigenvalue weighted by molar-refractivity contribution is 5.08. The summed E-state index contributed by atoms with van der Waals surface area (Å²) in [7, 11) is 0. The first-order chi connectivity index (χ1) is 3.97. The molecule has 1 saturated carbocycles. The molecule has 1 aliphatic heterocycles. The molecule has 1 nitrogen and oxygen atoms in total. The number of nitrogens with one attached hydrogen (secondary N) is 1. The first-order valence-electron chi connectivity index (χ1n) is 3.52. The van der Waals surface area contributed by atoms with Crippen LogP contribution in [0.5, 0.6) is 0 Å². The van der Waals surface area contributed by atoms with Crippen LogP contribution in [0, 0.1) is 11.8 Å². The summed E-state index contributed by atoms with van der Waals surface area (Å²) in [4.78, 5) is 0. The number of fused-ring (bicyclic) bond motifs is 1. The van der Waals surface area contributed by atoms with E-state index in [1.165, 1.54) is 32.4 Å². The summed E-state index contributed by atoms with van der Waals surface area (Å²) < 4.78 is 0.